The summed E-state index contributed by atoms with van der Waals surface area (Å²) in [4.78, 5) is 15.2. The first-order chi connectivity index (χ1) is 11.3. The molecular formula is C19H28N3O2+. The predicted octanol–water partition coefficient (Wildman–Crippen LogP) is 2.94. The molecule has 0 spiro atoms. The van der Waals surface area contributed by atoms with Crippen LogP contribution in [0.15, 0.2) is 24.3 Å². The molecule has 0 aliphatic carbocycles. The summed E-state index contributed by atoms with van der Waals surface area (Å²) in [5, 5.41) is 7.41. The van der Waals surface area contributed by atoms with Crippen LogP contribution in [0.25, 0.3) is 10.9 Å². The van der Waals surface area contributed by atoms with E-state index in [0.29, 0.717) is 19.7 Å². The van der Waals surface area contributed by atoms with Crippen molar-refractivity contribution in [3.8, 4) is 5.75 Å². The van der Waals surface area contributed by atoms with Crippen LogP contribution >= 0.6 is 0 Å². The van der Waals surface area contributed by atoms with E-state index in [-0.39, 0.29) is 11.3 Å². The molecule has 0 bridgehead atoms. The van der Waals surface area contributed by atoms with Crippen molar-refractivity contribution in [3.63, 3.8) is 0 Å². The second kappa shape index (κ2) is 7.51. The molecule has 0 atom stereocenters. The van der Waals surface area contributed by atoms with E-state index in [4.69, 9.17) is 4.74 Å². The van der Waals surface area contributed by atoms with Crippen LogP contribution in [0.1, 0.15) is 33.3 Å². The van der Waals surface area contributed by atoms with Gasteiger partial charge in [-0.3, -0.25) is 10.1 Å². The number of fused-ring (bicyclic) bond motifs is 1. The second-order valence-corrected chi connectivity index (χ2v) is 6.94. The van der Waals surface area contributed by atoms with E-state index < -0.39 is 0 Å². The fraction of sp³-hybridized carbons (Fsp3) is 0.474. The lowest BCUT2D eigenvalue weighted by atomic mass is 9.96. The van der Waals surface area contributed by atoms with Crippen molar-refractivity contribution in [1.82, 2.24) is 5.32 Å². The zero-order valence-corrected chi connectivity index (χ0v) is 15.2. The molecule has 0 saturated carbocycles. The standard InChI is InChI=1S/C19H27N3O2/c1-6-24-15-7-8-16-14(12-15)11-13(2)17(22-16)20-9-10-21-18(23)19(3,4)5/h7-8,11-12H,6,9-10H2,1-5H3,(H,20,22)(H,21,23)/p+1. The number of nitrogens with one attached hydrogen (secondary N) is 3. The lowest BCUT2D eigenvalue weighted by Crippen LogP contribution is -2.37. The van der Waals surface area contributed by atoms with Gasteiger partial charge in [0.1, 0.15) is 17.8 Å². The number of carbonyl (C=O) groups is 1. The van der Waals surface area contributed by atoms with Crippen molar-refractivity contribution in [2.75, 3.05) is 25.0 Å². The molecule has 1 aromatic carbocycles. The van der Waals surface area contributed by atoms with E-state index in [1.807, 2.05) is 45.9 Å². The molecule has 0 saturated heterocycles. The summed E-state index contributed by atoms with van der Waals surface area (Å²) in [6.07, 6.45) is 0. The normalized spacial score (nSPS) is 11.4. The molecule has 0 aliphatic heterocycles. The maximum Gasteiger partial charge on any atom is 0.275 e. The number of aryl methyl sites for hydroxylation is 1. The van der Waals surface area contributed by atoms with Gasteiger partial charge in [0.25, 0.3) is 5.82 Å². The molecule has 1 heterocycles. The molecule has 0 fully saturated rings. The van der Waals surface area contributed by atoms with E-state index in [0.717, 1.165) is 28.0 Å². The predicted molar refractivity (Wildman–Crippen MR) is 97.4 cm³/mol. The number of H-pyrrole nitrogens is 1. The van der Waals surface area contributed by atoms with Crippen LogP contribution in [0.3, 0.4) is 0 Å². The summed E-state index contributed by atoms with van der Waals surface area (Å²) in [6, 6.07) is 8.15. The molecule has 2 aromatic rings. The lowest BCUT2D eigenvalue weighted by molar-refractivity contribution is -0.327. The van der Waals surface area contributed by atoms with Gasteiger partial charge in [-0.15, -0.1) is 0 Å². The van der Waals surface area contributed by atoms with Crippen molar-refractivity contribution in [3.05, 3.63) is 29.8 Å². The van der Waals surface area contributed by atoms with Gasteiger partial charge in [0.15, 0.2) is 0 Å². The van der Waals surface area contributed by atoms with Crippen LogP contribution in [0.2, 0.25) is 0 Å². The van der Waals surface area contributed by atoms with Crippen molar-refractivity contribution in [2.24, 2.45) is 5.41 Å². The van der Waals surface area contributed by atoms with Gasteiger partial charge >= 0.3 is 0 Å². The Morgan fingerprint density at radius 2 is 1.96 bits per heavy atom. The minimum absolute atomic E-state index is 0.0620. The molecule has 130 valence electrons. The highest BCUT2D eigenvalue weighted by molar-refractivity contribution is 5.81. The molecule has 5 heteroatoms. The van der Waals surface area contributed by atoms with Gasteiger partial charge in [0.05, 0.1) is 13.2 Å². The van der Waals surface area contributed by atoms with E-state index >= 15 is 0 Å². The summed E-state index contributed by atoms with van der Waals surface area (Å²) >= 11 is 0. The average Bonchev–Trinajstić information content (AvgIpc) is 2.51. The minimum atomic E-state index is -0.358. The van der Waals surface area contributed by atoms with Gasteiger partial charge in [0, 0.05) is 16.4 Å². The van der Waals surface area contributed by atoms with Crippen molar-refractivity contribution in [2.45, 2.75) is 34.6 Å². The Morgan fingerprint density at radius 3 is 2.62 bits per heavy atom. The maximum absolute atomic E-state index is 11.8. The zero-order valence-electron chi connectivity index (χ0n) is 15.2. The Kier molecular flexibility index (Phi) is 5.65. The fourth-order valence-electron chi connectivity index (χ4n) is 2.38. The number of carbonyl (C=O) groups excluding carboxylic acids is 1. The van der Waals surface area contributed by atoms with Crippen LogP contribution in [0, 0.1) is 12.3 Å². The van der Waals surface area contributed by atoms with Crippen LogP contribution in [0.5, 0.6) is 5.75 Å². The van der Waals surface area contributed by atoms with Crippen molar-refractivity contribution < 1.29 is 14.5 Å². The number of aromatic amines is 1. The molecule has 3 N–H and O–H groups in total. The van der Waals surface area contributed by atoms with Gasteiger partial charge in [-0.2, -0.15) is 0 Å². The molecule has 1 aromatic heterocycles. The third-order valence-electron chi connectivity index (χ3n) is 3.75. The highest BCUT2D eigenvalue weighted by Gasteiger charge is 2.20. The third kappa shape index (κ3) is 4.60. The largest absolute Gasteiger partial charge is 0.494 e. The zero-order chi connectivity index (χ0) is 17.7. The third-order valence-corrected chi connectivity index (χ3v) is 3.75. The molecule has 0 radical (unpaired) electrons. The first kappa shape index (κ1) is 18.0. The minimum Gasteiger partial charge on any atom is -0.494 e. The smallest absolute Gasteiger partial charge is 0.275 e. The Labute approximate surface area is 143 Å². The first-order valence-corrected chi connectivity index (χ1v) is 8.43. The average molecular weight is 330 g/mol. The van der Waals surface area contributed by atoms with Crippen LogP contribution < -0.4 is 20.4 Å². The van der Waals surface area contributed by atoms with Crippen LogP contribution in [-0.4, -0.2) is 25.6 Å². The van der Waals surface area contributed by atoms with E-state index in [9.17, 15) is 4.79 Å². The monoisotopic (exact) mass is 330 g/mol. The summed E-state index contributed by atoms with van der Waals surface area (Å²) in [5.74, 6) is 1.91. The van der Waals surface area contributed by atoms with E-state index in [2.05, 4.69) is 28.6 Å². The highest BCUT2D eigenvalue weighted by Crippen LogP contribution is 2.21. The van der Waals surface area contributed by atoms with Gasteiger partial charge in [-0.1, -0.05) is 20.8 Å². The number of pyridine rings is 1. The summed E-state index contributed by atoms with van der Waals surface area (Å²) in [7, 11) is 0. The number of ether oxygens (including phenoxy) is 1. The Morgan fingerprint density at radius 1 is 1.21 bits per heavy atom. The quantitative estimate of drug-likeness (QED) is 0.801. The maximum atomic E-state index is 11.8. The van der Waals surface area contributed by atoms with Gasteiger partial charge < -0.3 is 10.1 Å². The van der Waals surface area contributed by atoms with Crippen LogP contribution in [-0.2, 0) is 4.79 Å². The molecule has 0 unspecified atom stereocenters. The number of aromatic nitrogens is 1. The van der Waals surface area contributed by atoms with E-state index in [1.54, 1.807) is 0 Å². The molecule has 5 nitrogen and oxygen atoms in total. The van der Waals surface area contributed by atoms with Crippen molar-refractivity contribution in [1.29, 1.82) is 0 Å². The SMILES string of the molecule is CCOc1ccc2[nH+]c(NCCNC(=O)C(C)(C)C)c(C)cc2c1. The Bertz CT molecular complexity index is 720. The molecule has 0 aliphatic rings. The number of rotatable bonds is 6. The number of amides is 1. The Hall–Kier alpha value is -2.30. The molecule has 1 amide bonds. The van der Waals surface area contributed by atoms with Gasteiger partial charge in [-0.25, -0.2) is 4.98 Å². The number of hydrogen-bond acceptors (Lipinski definition) is 3. The van der Waals surface area contributed by atoms with Gasteiger partial charge in [-0.05, 0) is 38.1 Å². The molecule has 24 heavy (non-hydrogen) atoms. The topological polar surface area (TPSA) is 64.5 Å². The van der Waals surface area contributed by atoms with Crippen LogP contribution in [0.4, 0.5) is 5.82 Å². The summed E-state index contributed by atoms with van der Waals surface area (Å²) < 4.78 is 5.54. The number of anilines is 1. The number of benzene rings is 1. The van der Waals surface area contributed by atoms with Gasteiger partial charge in [0.2, 0.25) is 5.91 Å². The lowest BCUT2D eigenvalue weighted by Gasteiger charge is -2.17. The summed E-state index contributed by atoms with van der Waals surface area (Å²) in [6.45, 7) is 11.7. The second-order valence-electron chi connectivity index (χ2n) is 6.94. The highest BCUT2D eigenvalue weighted by atomic mass is 16.5. The molecular weight excluding hydrogens is 302 g/mol. The first-order valence-electron chi connectivity index (χ1n) is 8.43. The number of hydrogen-bond donors (Lipinski definition) is 2. The molecule has 2 rings (SSSR count). The Balaban J connectivity index is 2.01. The fourth-order valence-corrected chi connectivity index (χ4v) is 2.38. The van der Waals surface area contributed by atoms with Crippen molar-refractivity contribution >= 4 is 22.6 Å². The van der Waals surface area contributed by atoms with E-state index in [1.165, 1.54) is 0 Å². The summed E-state index contributed by atoms with van der Waals surface area (Å²) in [5.41, 5.74) is 1.81.